The molecular formula is C18H22N2O4. The van der Waals surface area contributed by atoms with Gasteiger partial charge in [-0.1, -0.05) is 6.42 Å². The molecule has 0 spiro atoms. The van der Waals surface area contributed by atoms with Gasteiger partial charge in [-0.25, -0.2) is 0 Å². The number of unbranched alkanes of at least 4 members (excludes halogenated alkanes) is 2. The van der Waals surface area contributed by atoms with Crippen molar-refractivity contribution in [3.8, 4) is 5.75 Å². The van der Waals surface area contributed by atoms with E-state index in [1.165, 1.54) is 0 Å². The second-order valence-corrected chi connectivity index (χ2v) is 5.64. The molecule has 0 bridgehead atoms. The van der Waals surface area contributed by atoms with Crippen LogP contribution in [0.15, 0.2) is 24.3 Å². The molecule has 2 rings (SSSR count). The van der Waals surface area contributed by atoms with Crippen molar-refractivity contribution in [2.24, 2.45) is 0 Å². The molecule has 0 atom stereocenters. The number of aromatic nitrogens is 1. The molecule has 0 aliphatic carbocycles. The van der Waals surface area contributed by atoms with Crippen molar-refractivity contribution in [1.29, 1.82) is 0 Å². The number of rotatable bonds is 8. The van der Waals surface area contributed by atoms with Crippen LogP contribution < -0.4 is 10.1 Å². The van der Waals surface area contributed by atoms with E-state index >= 15 is 0 Å². The summed E-state index contributed by atoms with van der Waals surface area (Å²) in [5.74, 6) is -0.211. The molecule has 0 fully saturated rings. The molecule has 0 aliphatic rings. The largest absolute Gasteiger partial charge is 0.497 e. The van der Waals surface area contributed by atoms with Crippen LogP contribution in [-0.2, 0) is 4.79 Å². The minimum Gasteiger partial charge on any atom is -0.497 e. The Morgan fingerprint density at radius 3 is 2.71 bits per heavy atom. The molecule has 1 aromatic heterocycles. The third kappa shape index (κ3) is 4.68. The second-order valence-electron chi connectivity index (χ2n) is 5.64. The number of aliphatic carboxylic acids is 1. The predicted molar refractivity (Wildman–Crippen MR) is 91.5 cm³/mol. The highest BCUT2D eigenvalue weighted by Crippen LogP contribution is 2.21. The number of pyridine rings is 1. The smallest absolute Gasteiger partial charge is 0.303 e. The van der Waals surface area contributed by atoms with Crippen LogP contribution in [0, 0.1) is 6.92 Å². The van der Waals surface area contributed by atoms with Gasteiger partial charge in [-0.05, 0) is 38.0 Å². The first kappa shape index (κ1) is 17.7. The van der Waals surface area contributed by atoms with Crippen LogP contribution in [0.25, 0.3) is 10.9 Å². The fraction of sp³-hybridized carbons (Fsp3) is 0.389. The Morgan fingerprint density at radius 2 is 2.00 bits per heavy atom. The van der Waals surface area contributed by atoms with E-state index in [2.05, 4.69) is 10.3 Å². The fourth-order valence-electron chi connectivity index (χ4n) is 2.48. The Hall–Kier alpha value is -2.63. The van der Waals surface area contributed by atoms with Gasteiger partial charge in [0.15, 0.2) is 0 Å². The summed E-state index contributed by atoms with van der Waals surface area (Å²) in [4.78, 5) is 27.2. The highest BCUT2D eigenvalue weighted by molar-refractivity contribution is 5.98. The zero-order valence-corrected chi connectivity index (χ0v) is 14.0. The summed E-state index contributed by atoms with van der Waals surface area (Å²) in [7, 11) is 1.60. The van der Waals surface area contributed by atoms with Crippen LogP contribution in [0.2, 0.25) is 0 Å². The van der Waals surface area contributed by atoms with Crippen LogP contribution in [-0.4, -0.2) is 35.6 Å². The Bertz CT molecular complexity index is 743. The van der Waals surface area contributed by atoms with Crippen molar-refractivity contribution in [2.45, 2.75) is 32.6 Å². The number of carboxylic acids is 1. The van der Waals surface area contributed by atoms with E-state index in [4.69, 9.17) is 9.84 Å². The average molecular weight is 330 g/mol. The zero-order chi connectivity index (χ0) is 17.5. The standard InChI is InChI=1S/C18H22N2O4/c1-12-15(18(23)19-9-5-3-4-6-17(21)22)10-13-7-8-14(24-2)11-16(13)20-12/h7-8,10-11H,3-6,9H2,1-2H3,(H,19,23)(H,21,22). The van der Waals surface area contributed by atoms with Gasteiger partial charge >= 0.3 is 5.97 Å². The van der Waals surface area contributed by atoms with Gasteiger partial charge in [0.05, 0.1) is 23.9 Å². The number of methoxy groups -OCH3 is 1. The number of hydrogen-bond acceptors (Lipinski definition) is 4. The molecule has 128 valence electrons. The molecular weight excluding hydrogens is 308 g/mol. The zero-order valence-electron chi connectivity index (χ0n) is 14.0. The van der Waals surface area contributed by atoms with Crippen LogP contribution in [0.1, 0.15) is 41.7 Å². The van der Waals surface area contributed by atoms with Crippen molar-refractivity contribution < 1.29 is 19.4 Å². The quantitative estimate of drug-likeness (QED) is 0.727. The minimum atomic E-state index is -0.784. The van der Waals surface area contributed by atoms with E-state index in [0.717, 1.165) is 29.5 Å². The number of amides is 1. The normalized spacial score (nSPS) is 10.6. The van der Waals surface area contributed by atoms with Gasteiger partial charge in [0.1, 0.15) is 5.75 Å². The lowest BCUT2D eigenvalue weighted by Crippen LogP contribution is -2.25. The van der Waals surface area contributed by atoms with E-state index in [0.29, 0.717) is 24.2 Å². The predicted octanol–water partition coefficient (Wildman–Crippen LogP) is 2.93. The van der Waals surface area contributed by atoms with E-state index in [1.54, 1.807) is 14.0 Å². The van der Waals surface area contributed by atoms with Gasteiger partial charge in [-0.3, -0.25) is 14.6 Å². The highest BCUT2D eigenvalue weighted by Gasteiger charge is 2.11. The fourth-order valence-corrected chi connectivity index (χ4v) is 2.48. The molecule has 1 aromatic carbocycles. The summed E-state index contributed by atoms with van der Waals surface area (Å²) in [6.45, 7) is 2.33. The molecule has 1 heterocycles. The van der Waals surface area contributed by atoms with Gasteiger partial charge in [0.25, 0.3) is 5.91 Å². The first-order valence-electron chi connectivity index (χ1n) is 7.96. The Morgan fingerprint density at radius 1 is 1.21 bits per heavy atom. The summed E-state index contributed by atoms with van der Waals surface area (Å²) >= 11 is 0. The van der Waals surface area contributed by atoms with Gasteiger partial charge in [0, 0.05) is 24.4 Å². The first-order valence-corrected chi connectivity index (χ1v) is 7.96. The highest BCUT2D eigenvalue weighted by atomic mass is 16.5. The summed E-state index contributed by atoms with van der Waals surface area (Å²) < 4.78 is 5.18. The third-order valence-corrected chi connectivity index (χ3v) is 3.81. The molecule has 6 heteroatoms. The molecule has 1 amide bonds. The number of nitrogens with zero attached hydrogens (tertiary/aromatic N) is 1. The monoisotopic (exact) mass is 330 g/mol. The van der Waals surface area contributed by atoms with Crippen LogP contribution in [0.3, 0.4) is 0 Å². The Kier molecular flexibility index (Phi) is 6.12. The Labute approximate surface area is 140 Å². The number of benzene rings is 1. The van der Waals surface area contributed by atoms with Crippen LogP contribution in [0.5, 0.6) is 5.75 Å². The van der Waals surface area contributed by atoms with Gasteiger partial charge in [0.2, 0.25) is 0 Å². The SMILES string of the molecule is COc1ccc2cc(C(=O)NCCCCCC(=O)O)c(C)nc2c1. The topological polar surface area (TPSA) is 88.5 Å². The molecule has 0 aliphatic heterocycles. The molecule has 24 heavy (non-hydrogen) atoms. The van der Waals surface area contributed by atoms with Crippen LogP contribution >= 0.6 is 0 Å². The molecule has 0 unspecified atom stereocenters. The summed E-state index contributed by atoms with van der Waals surface area (Å²) in [6.07, 6.45) is 2.34. The molecule has 2 N–H and O–H groups in total. The van der Waals surface area contributed by atoms with Crippen molar-refractivity contribution in [2.75, 3.05) is 13.7 Å². The first-order chi connectivity index (χ1) is 11.5. The van der Waals surface area contributed by atoms with Crippen molar-refractivity contribution in [3.05, 3.63) is 35.5 Å². The van der Waals surface area contributed by atoms with Crippen molar-refractivity contribution in [1.82, 2.24) is 10.3 Å². The van der Waals surface area contributed by atoms with E-state index in [-0.39, 0.29) is 12.3 Å². The maximum absolute atomic E-state index is 12.3. The lowest BCUT2D eigenvalue weighted by Gasteiger charge is -2.09. The molecule has 6 nitrogen and oxygen atoms in total. The maximum Gasteiger partial charge on any atom is 0.303 e. The van der Waals surface area contributed by atoms with E-state index in [1.807, 2.05) is 24.3 Å². The summed E-state index contributed by atoms with van der Waals surface area (Å²) in [5, 5.41) is 12.3. The number of carbonyl (C=O) groups excluding carboxylic acids is 1. The minimum absolute atomic E-state index is 0.157. The Balaban J connectivity index is 1.96. The van der Waals surface area contributed by atoms with Crippen molar-refractivity contribution in [3.63, 3.8) is 0 Å². The average Bonchev–Trinajstić information content (AvgIpc) is 2.56. The van der Waals surface area contributed by atoms with E-state index < -0.39 is 5.97 Å². The maximum atomic E-state index is 12.3. The lowest BCUT2D eigenvalue weighted by molar-refractivity contribution is -0.137. The molecule has 0 saturated carbocycles. The van der Waals surface area contributed by atoms with Gasteiger partial charge in [-0.15, -0.1) is 0 Å². The number of aryl methyl sites for hydroxylation is 1. The lowest BCUT2D eigenvalue weighted by atomic mass is 10.1. The molecule has 0 radical (unpaired) electrons. The molecule has 2 aromatic rings. The number of carboxylic acid groups (broad SMARTS) is 1. The van der Waals surface area contributed by atoms with E-state index in [9.17, 15) is 9.59 Å². The second kappa shape index (κ2) is 8.29. The number of ether oxygens (including phenoxy) is 1. The van der Waals surface area contributed by atoms with Crippen LogP contribution in [0.4, 0.5) is 0 Å². The number of hydrogen-bond donors (Lipinski definition) is 2. The third-order valence-electron chi connectivity index (χ3n) is 3.81. The number of nitrogens with one attached hydrogen (secondary N) is 1. The van der Waals surface area contributed by atoms with Gasteiger partial charge < -0.3 is 15.2 Å². The number of fused-ring (bicyclic) bond motifs is 1. The summed E-state index contributed by atoms with van der Waals surface area (Å²) in [6, 6.07) is 7.39. The molecule has 0 saturated heterocycles. The number of carbonyl (C=O) groups is 2. The van der Waals surface area contributed by atoms with Crippen molar-refractivity contribution >= 4 is 22.8 Å². The van der Waals surface area contributed by atoms with Gasteiger partial charge in [-0.2, -0.15) is 0 Å². The summed E-state index contributed by atoms with van der Waals surface area (Å²) in [5.41, 5.74) is 2.01.